The number of hydrogen-bond donors (Lipinski definition) is 1. The van der Waals surface area contributed by atoms with Gasteiger partial charge in [-0.1, -0.05) is 6.92 Å². The first-order valence-corrected chi connectivity index (χ1v) is 6.31. The lowest BCUT2D eigenvalue weighted by atomic mass is 9.91. The van der Waals surface area contributed by atoms with Crippen LogP contribution in [0.2, 0.25) is 0 Å². The fourth-order valence-electron chi connectivity index (χ4n) is 2.79. The summed E-state index contributed by atoms with van der Waals surface area (Å²) in [4.78, 5) is 2.53. The van der Waals surface area contributed by atoms with E-state index < -0.39 is 0 Å². The van der Waals surface area contributed by atoms with Crippen LogP contribution in [-0.4, -0.2) is 48.5 Å². The molecule has 2 saturated heterocycles. The van der Waals surface area contributed by atoms with Gasteiger partial charge in [0.05, 0.1) is 12.7 Å². The molecule has 88 valence electrons. The lowest BCUT2D eigenvalue weighted by Gasteiger charge is -2.41. The highest BCUT2D eigenvalue weighted by atomic mass is 16.5. The largest absolute Gasteiger partial charge is 0.393 e. The van der Waals surface area contributed by atoms with Crippen LogP contribution in [0, 0.1) is 5.92 Å². The maximum atomic E-state index is 9.83. The number of hydrogen-bond acceptors (Lipinski definition) is 3. The molecule has 0 radical (unpaired) electrons. The zero-order chi connectivity index (χ0) is 10.7. The maximum Gasteiger partial charge on any atom is 0.0621 e. The van der Waals surface area contributed by atoms with Gasteiger partial charge in [0.15, 0.2) is 0 Å². The van der Waals surface area contributed by atoms with Crippen molar-refractivity contribution < 1.29 is 9.84 Å². The molecule has 2 aliphatic heterocycles. The monoisotopic (exact) mass is 213 g/mol. The van der Waals surface area contributed by atoms with Gasteiger partial charge >= 0.3 is 0 Å². The SMILES string of the molecule is CCC1CN(C2CCCOC2)CCC1O. The third kappa shape index (κ3) is 2.71. The van der Waals surface area contributed by atoms with E-state index in [1.807, 2.05) is 0 Å². The van der Waals surface area contributed by atoms with E-state index >= 15 is 0 Å². The Bertz CT molecular complexity index is 192. The summed E-state index contributed by atoms with van der Waals surface area (Å²) in [6, 6.07) is 0.611. The zero-order valence-corrected chi connectivity index (χ0v) is 9.69. The van der Waals surface area contributed by atoms with Gasteiger partial charge in [0.1, 0.15) is 0 Å². The smallest absolute Gasteiger partial charge is 0.0621 e. The molecule has 0 aromatic carbocycles. The van der Waals surface area contributed by atoms with E-state index in [9.17, 15) is 5.11 Å². The van der Waals surface area contributed by atoms with Crippen LogP contribution in [0.1, 0.15) is 32.6 Å². The second-order valence-electron chi connectivity index (χ2n) is 4.89. The molecule has 15 heavy (non-hydrogen) atoms. The van der Waals surface area contributed by atoms with E-state index in [4.69, 9.17) is 4.74 Å². The number of ether oxygens (including phenoxy) is 1. The topological polar surface area (TPSA) is 32.7 Å². The minimum Gasteiger partial charge on any atom is -0.393 e. The third-order valence-electron chi connectivity index (χ3n) is 3.90. The van der Waals surface area contributed by atoms with Gasteiger partial charge in [0.25, 0.3) is 0 Å². The number of rotatable bonds is 2. The summed E-state index contributed by atoms with van der Waals surface area (Å²) in [5.74, 6) is 0.473. The Kier molecular flexibility index (Phi) is 4.00. The molecule has 0 aromatic rings. The Morgan fingerprint density at radius 2 is 2.27 bits per heavy atom. The van der Waals surface area contributed by atoms with Gasteiger partial charge in [-0.3, -0.25) is 4.90 Å². The average molecular weight is 213 g/mol. The molecule has 2 aliphatic rings. The van der Waals surface area contributed by atoms with Gasteiger partial charge in [-0.05, 0) is 31.6 Å². The van der Waals surface area contributed by atoms with Crippen molar-refractivity contribution in [3.63, 3.8) is 0 Å². The van der Waals surface area contributed by atoms with Crippen molar-refractivity contribution in [1.82, 2.24) is 4.90 Å². The standard InChI is InChI=1S/C12H23NO2/c1-2-10-8-13(6-5-12(10)14)11-4-3-7-15-9-11/h10-12,14H,2-9H2,1H3. The number of piperidine rings is 1. The summed E-state index contributed by atoms with van der Waals surface area (Å²) in [6.45, 7) is 6.11. The lowest BCUT2D eigenvalue weighted by molar-refractivity contribution is -0.0335. The first kappa shape index (κ1) is 11.4. The van der Waals surface area contributed by atoms with E-state index in [1.54, 1.807) is 0 Å². The lowest BCUT2D eigenvalue weighted by Crippen LogP contribution is -2.50. The highest BCUT2D eigenvalue weighted by molar-refractivity contribution is 4.84. The van der Waals surface area contributed by atoms with E-state index in [2.05, 4.69) is 11.8 Å². The first-order chi connectivity index (χ1) is 7.31. The highest BCUT2D eigenvalue weighted by Gasteiger charge is 2.31. The summed E-state index contributed by atoms with van der Waals surface area (Å²) in [5, 5.41) is 9.83. The molecule has 0 aromatic heterocycles. The van der Waals surface area contributed by atoms with E-state index in [0.717, 1.165) is 39.1 Å². The quantitative estimate of drug-likeness (QED) is 0.749. The Labute approximate surface area is 92.4 Å². The number of aliphatic hydroxyl groups excluding tert-OH is 1. The maximum absolute atomic E-state index is 9.83. The summed E-state index contributed by atoms with van der Waals surface area (Å²) in [5.41, 5.74) is 0. The minimum absolute atomic E-state index is 0.0734. The summed E-state index contributed by atoms with van der Waals surface area (Å²) in [7, 11) is 0. The van der Waals surface area contributed by atoms with E-state index in [0.29, 0.717) is 12.0 Å². The molecule has 0 spiro atoms. The van der Waals surface area contributed by atoms with Crippen LogP contribution in [0.3, 0.4) is 0 Å². The Hall–Kier alpha value is -0.120. The molecule has 2 rings (SSSR count). The normalized spacial score (nSPS) is 39.2. The van der Waals surface area contributed by atoms with Crippen molar-refractivity contribution in [2.24, 2.45) is 5.92 Å². The molecule has 0 amide bonds. The van der Waals surface area contributed by atoms with Crippen molar-refractivity contribution in [3.05, 3.63) is 0 Å². The van der Waals surface area contributed by atoms with Gasteiger partial charge in [-0.2, -0.15) is 0 Å². The van der Waals surface area contributed by atoms with Crippen LogP contribution in [-0.2, 0) is 4.74 Å². The molecule has 1 N–H and O–H groups in total. The van der Waals surface area contributed by atoms with Gasteiger partial charge in [0, 0.05) is 25.7 Å². The van der Waals surface area contributed by atoms with Crippen molar-refractivity contribution in [2.75, 3.05) is 26.3 Å². The molecule has 3 nitrogen and oxygen atoms in total. The van der Waals surface area contributed by atoms with Crippen molar-refractivity contribution in [1.29, 1.82) is 0 Å². The molecule has 2 fully saturated rings. The predicted octanol–water partition coefficient (Wildman–Crippen LogP) is 1.26. The number of likely N-dealkylation sites (tertiary alicyclic amines) is 1. The molecule has 3 heteroatoms. The number of aliphatic hydroxyl groups is 1. The molecule has 2 heterocycles. The fraction of sp³-hybridized carbons (Fsp3) is 1.00. The summed E-state index contributed by atoms with van der Waals surface area (Å²) in [6.07, 6.45) is 4.42. The van der Waals surface area contributed by atoms with Crippen LogP contribution in [0.5, 0.6) is 0 Å². The van der Waals surface area contributed by atoms with Gasteiger partial charge < -0.3 is 9.84 Å². The second-order valence-corrected chi connectivity index (χ2v) is 4.89. The zero-order valence-electron chi connectivity index (χ0n) is 9.69. The molecular formula is C12H23NO2. The second kappa shape index (κ2) is 5.28. The Morgan fingerprint density at radius 1 is 1.40 bits per heavy atom. The summed E-state index contributed by atoms with van der Waals surface area (Å²) < 4.78 is 5.53. The third-order valence-corrected chi connectivity index (χ3v) is 3.90. The van der Waals surface area contributed by atoms with E-state index in [-0.39, 0.29) is 6.10 Å². The average Bonchev–Trinajstić information content (AvgIpc) is 2.31. The van der Waals surface area contributed by atoms with Crippen molar-refractivity contribution in [2.45, 2.75) is 44.8 Å². The van der Waals surface area contributed by atoms with Gasteiger partial charge in [-0.25, -0.2) is 0 Å². The molecule has 3 unspecified atom stereocenters. The highest BCUT2D eigenvalue weighted by Crippen LogP contribution is 2.24. The molecule has 0 bridgehead atoms. The van der Waals surface area contributed by atoms with Crippen LogP contribution >= 0.6 is 0 Å². The fourth-order valence-corrected chi connectivity index (χ4v) is 2.79. The van der Waals surface area contributed by atoms with Crippen molar-refractivity contribution in [3.8, 4) is 0 Å². The predicted molar refractivity (Wildman–Crippen MR) is 59.8 cm³/mol. The van der Waals surface area contributed by atoms with Crippen LogP contribution < -0.4 is 0 Å². The minimum atomic E-state index is -0.0734. The summed E-state index contributed by atoms with van der Waals surface area (Å²) >= 11 is 0. The van der Waals surface area contributed by atoms with Gasteiger partial charge in [-0.15, -0.1) is 0 Å². The first-order valence-electron chi connectivity index (χ1n) is 6.31. The Morgan fingerprint density at radius 3 is 2.93 bits per heavy atom. The van der Waals surface area contributed by atoms with E-state index in [1.165, 1.54) is 12.8 Å². The van der Waals surface area contributed by atoms with Crippen molar-refractivity contribution >= 4 is 0 Å². The molecule has 0 saturated carbocycles. The van der Waals surface area contributed by atoms with Crippen LogP contribution in [0.4, 0.5) is 0 Å². The van der Waals surface area contributed by atoms with Gasteiger partial charge in [0.2, 0.25) is 0 Å². The van der Waals surface area contributed by atoms with Crippen LogP contribution in [0.15, 0.2) is 0 Å². The molecular weight excluding hydrogens is 190 g/mol. The number of nitrogens with zero attached hydrogens (tertiary/aromatic N) is 1. The molecule has 0 aliphatic carbocycles. The molecule has 3 atom stereocenters. The Balaban J connectivity index is 1.87. The van der Waals surface area contributed by atoms with Crippen LogP contribution in [0.25, 0.3) is 0 Å².